The Hall–Kier alpha value is -0.610. The van der Waals surface area contributed by atoms with Gasteiger partial charge in [-0.3, -0.25) is 0 Å². The third-order valence-electron chi connectivity index (χ3n) is 1.24. The number of hydrogen-bond acceptors (Lipinski definition) is 3. The molecule has 1 heterocycles. The number of ether oxygens (including phenoxy) is 1. The third kappa shape index (κ3) is 1.91. The summed E-state index contributed by atoms with van der Waals surface area (Å²) in [5.41, 5.74) is 0.762. The first-order valence-electron chi connectivity index (χ1n) is 3.07. The van der Waals surface area contributed by atoms with E-state index in [1.165, 1.54) is 0 Å². The molecule has 0 saturated carbocycles. The molecule has 11 heavy (non-hydrogen) atoms. The molecule has 0 fully saturated rings. The van der Waals surface area contributed by atoms with Gasteiger partial charge in [-0.2, -0.15) is 0 Å². The van der Waals surface area contributed by atoms with Crippen molar-refractivity contribution in [3.63, 3.8) is 0 Å². The average molecular weight is 218 g/mol. The van der Waals surface area contributed by atoms with Crippen LogP contribution in [0.3, 0.4) is 0 Å². The maximum absolute atomic E-state index is 8.72. The first kappa shape index (κ1) is 8.49. The van der Waals surface area contributed by atoms with Crippen LogP contribution in [0.4, 0.5) is 0 Å². The SMILES string of the molecule is COc1ncc(CO)cc1Br. The van der Waals surface area contributed by atoms with Gasteiger partial charge >= 0.3 is 0 Å². The minimum absolute atomic E-state index is 0.00437. The van der Waals surface area contributed by atoms with Crippen molar-refractivity contribution in [2.75, 3.05) is 7.11 Å². The monoisotopic (exact) mass is 217 g/mol. The molecule has 4 heteroatoms. The fourth-order valence-corrected chi connectivity index (χ4v) is 1.26. The Morgan fingerprint density at radius 3 is 2.91 bits per heavy atom. The van der Waals surface area contributed by atoms with E-state index in [1.54, 1.807) is 19.4 Å². The number of rotatable bonds is 2. The molecule has 0 aromatic carbocycles. The first-order chi connectivity index (χ1) is 5.27. The van der Waals surface area contributed by atoms with Gasteiger partial charge in [0, 0.05) is 6.20 Å². The van der Waals surface area contributed by atoms with Crippen LogP contribution in [0.2, 0.25) is 0 Å². The van der Waals surface area contributed by atoms with Crippen molar-refractivity contribution in [2.45, 2.75) is 6.61 Å². The number of halogens is 1. The van der Waals surface area contributed by atoms with Crippen LogP contribution in [-0.2, 0) is 6.61 Å². The van der Waals surface area contributed by atoms with Gasteiger partial charge in [-0.15, -0.1) is 0 Å². The molecule has 0 bridgehead atoms. The second-order valence-corrected chi connectivity index (χ2v) is 2.85. The van der Waals surface area contributed by atoms with Gasteiger partial charge in [0.1, 0.15) is 0 Å². The molecule has 0 aliphatic rings. The summed E-state index contributed by atoms with van der Waals surface area (Å²) >= 11 is 3.25. The highest BCUT2D eigenvalue weighted by molar-refractivity contribution is 9.10. The zero-order valence-electron chi connectivity index (χ0n) is 6.04. The van der Waals surface area contributed by atoms with Crippen molar-refractivity contribution in [1.29, 1.82) is 0 Å². The van der Waals surface area contributed by atoms with E-state index < -0.39 is 0 Å². The summed E-state index contributed by atoms with van der Waals surface area (Å²) < 4.78 is 5.66. The lowest BCUT2D eigenvalue weighted by molar-refractivity contribution is 0.280. The summed E-state index contributed by atoms with van der Waals surface area (Å²) in [6, 6.07) is 1.77. The fraction of sp³-hybridized carbons (Fsp3) is 0.286. The highest BCUT2D eigenvalue weighted by Gasteiger charge is 2.00. The van der Waals surface area contributed by atoms with Gasteiger partial charge in [0.15, 0.2) is 0 Å². The number of aliphatic hydroxyl groups excluding tert-OH is 1. The standard InChI is InChI=1S/C7H8BrNO2/c1-11-7-6(8)2-5(4-10)3-9-7/h2-3,10H,4H2,1H3. The Morgan fingerprint density at radius 1 is 1.73 bits per heavy atom. The number of aromatic nitrogens is 1. The normalized spacial score (nSPS) is 9.73. The molecule has 0 atom stereocenters. The van der Waals surface area contributed by atoms with E-state index in [2.05, 4.69) is 20.9 Å². The molecule has 0 aliphatic heterocycles. The molecule has 60 valence electrons. The van der Waals surface area contributed by atoms with Crippen LogP contribution >= 0.6 is 15.9 Å². The largest absolute Gasteiger partial charge is 0.480 e. The van der Waals surface area contributed by atoms with E-state index >= 15 is 0 Å². The molecular formula is C7H8BrNO2. The second-order valence-electron chi connectivity index (χ2n) is 1.99. The van der Waals surface area contributed by atoms with Crippen molar-refractivity contribution in [3.8, 4) is 5.88 Å². The summed E-state index contributed by atoms with van der Waals surface area (Å²) in [5.74, 6) is 0.530. The molecule has 3 nitrogen and oxygen atoms in total. The van der Waals surface area contributed by atoms with E-state index in [0.717, 1.165) is 10.0 Å². The van der Waals surface area contributed by atoms with E-state index in [4.69, 9.17) is 9.84 Å². The summed E-state index contributed by atoms with van der Waals surface area (Å²) in [6.07, 6.45) is 1.57. The Bertz CT molecular complexity index is 252. The molecule has 0 saturated heterocycles. The number of aliphatic hydroxyl groups is 1. The Morgan fingerprint density at radius 2 is 2.45 bits per heavy atom. The van der Waals surface area contributed by atoms with Crippen molar-refractivity contribution < 1.29 is 9.84 Å². The molecule has 0 radical (unpaired) electrons. The van der Waals surface area contributed by atoms with Crippen LogP contribution in [0.25, 0.3) is 0 Å². The lowest BCUT2D eigenvalue weighted by atomic mass is 10.3. The van der Waals surface area contributed by atoms with E-state index in [1.807, 2.05) is 0 Å². The van der Waals surface area contributed by atoms with Crippen LogP contribution in [-0.4, -0.2) is 17.2 Å². The number of nitrogens with zero attached hydrogens (tertiary/aromatic N) is 1. The van der Waals surface area contributed by atoms with Crippen LogP contribution in [0.1, 0.15) is 5.56 Å². The van der Waals surface area contributed by atoms with Crippen molar-refractivity contribution in [2.24, 2.45) is 0 Å². The van der Waals surface area contributed by atoms with E-state index in [9.17, 15) is 0 Å². The summed E-state index contributed by atoms with van der Waals surface area (Å²) in [5, 5.41) is 8.72. The lowest BCUT2D eigenvalue weighted by Crippen LogP contribution is -1.91. The smallest absolute Gasteiger partial charge is 0.227 e. The van der Waals surface area contributed by atoms with E-state index in [-0.39, 0.29) is 6.61 Å². The van der Waals surface area contributed by atoms with Gasteiger partial charge < -0.3 is 9.84 Å². The van der Waals surface area contributed by atoms with Crippen molar-refractivity contribution in [3.05, 3.63) is 22.3 Å². The molecule has 0 amide bonds. The van der Waals surface area contributed by atoms with Gasteiger partial charge in [-0.05, 0) is 27.6 Å². The van der Waals surface area contributed by atoms with Crippen LogP contribution in [0, 0.1) is 0 Å². The number of pyridine rings is 1. The molecule has 0 unspecified atom stereocenters. The quantitative estimate of drug-likeness (QED) is 0.814. The fourth-order valence-electron chi connectivity index (χ4n) is 0.702. The van der Waals surface area contributed by atoms with Crippen LogP contribution < -0.4 is 4.74 Å². The van der Waals surface area contributed by atoms with Gasteiger partial charge in [0.05, 0.1) is 18.2 Å². The highest BCUT2D eigenvalue weighted by Crippen LogP contribution is 2.22. The Kier molecular flexibility index (Phi) is 2.84. The molecule has 0 aliphatic carbocycles. The van der Waals surface area contributed by atoms with Gasteiger partial charge in [0.25, 0.3) is 0 Å². The van der Waals surface area contributed by atoms with Gasteiger partial charge in [0.2, 0.25) is 5.88 Å². The number of hydrogen-bond donors (Lipinski definition) is 1. The van der Waals surface area contributed by atoms with Gasteiger partial charge in [-0.1, -0.05) is 0 Å². The summed E-state index contributed by atoms with van der Waals surface area (Å²) in [6.45, 7) is -0.00437. The van der Waals surface area contributed by atoms with Crippen LogP contribution in [0.5, 0.6) is 5.88 Å². The molecule has 0 spiro atoms. The maximum Gasteiger partial charge on any atom is 0.227 e. The summed E-state index contributed by atoms with van der Waals surface area (Å²) in [4.78, 5) is 3.94. The minimum Gasteiger partial charge on any atom is -0.480 e. The second kappa shape index (κ2) is 3.69. The Labute approximate surface area is 73.2 Å². The number of methoxy groups -OCH3 is 1. The first-order valence-corrected chi connectivity index (χ1v) is 3.86. The highest BCUT2D eigenvalue weighted by atomic mass is 79.9. The molecular weight excluding hydrogens is 210 g/mol. The van der Waals surface area contributed by atoms with Crippen LogP contribution in [0.15, 0.2) is 16.7 Å². The van der Waals surface area contributed by atoms with Gasteiger partial charge in [-0.25, -0.2) is 4.98 Å². The maximum atomic E-state index is 8.72. The zero-order chi connectivity index (χ0) is 8.27. The Balaban J connectivity index is 2.99. The average Bonchev–Trinajstić information content (AvgIpc) is 2.04. The molecule has 1 aromatic heterocycles. The topological polar surface area (TPSA) is 42.4 Å². The third-order valence-corrected chi connectivity index (χ3v) is 1.81. The van der Waals surface area contributed by atoms with E-state index in [0.29, 0.717) is 5.88 Å². The van der Waals surface area contributed by atoms with Crippen molar-refractivity contribution >= 4 is 15.9 Å². The molecule has 1 N–H and O–H groups in total. The predicted molar refractivity (Wildman–Crippen MR) is 44.4 cm³/mol. The zero-order valence-corrected chi connectivity index (χ0v) is 7.63. The lowest BCUT2D eigenvalue weighted by Gasteiger charge is -2.02. The predicted octanol–water partition coefficient (Wildman–Crippen LogP) is 1.34. The molecule has 1 aromatic rings. The molecule has 1 rings (SSSR count). The summed E-state index contributed by atoms with van der Waals surface area (Å²) in [7, 11) is 1.55. The minimum atomic E-state index is -0.00437. The van der Waals surface area contributed by atoms with Crippen molar-refractivity contribution in [1.82, 2.24) is 4.98 Å².